The van der Waals surface area contributed by atoms with Crippen LogP contribution in [0.5, 0.6) is 5.75 Å². The van der Waals surface area contributed by atoms with Gasteiger partial charge in [-0.25, -0.2) is 4.79 Å². The molecule has 110 valence electrons. The molecule has 2 aromatic rings. The minimum absolute atomic E-state index is 0.377. The van der Waals surface area contributed by atoms with E-state index in [-0.39, 0.29) is 0 Å². The summed E-state index contributed by atoms with van der Waals surface area (Å²) in [5.41, 5.74) is 2.16. The second-order valence-corrected chi connectivity index (χ2v) is 5.23. The number of amides is 2. The summed E-state index contributed by atoms with van der Waals surface area (Å²) in [5.74, 6) is 0.588. The summed E-state index contributed by atoms with van der Waals surface area (Å²) in [6, 6.07) is 10.0. The molecule has 0 saturated heterocycles. The number of ether oxygens (including phenoxy) is 1. The van der Waals surface area contributed by atoms with Gasteiger partial charge < -0.3 is 15.4 Å². The number of hydrogen-bond acceptors (Lipinski definition) is 2. The molecule has 0 atom stereocenters. The fraction of sp³-hybridized carbons (Fsp3) is 0.133. The molecule has 0 aliphatic carbocycles. The molecule has 0 aliphatic rings. The summed E-state index contributed by atoms with van der Waals surface area (Å²) in [6.07, 6.45) is 0. The van der Waals surface area contributed by atoms with Gasteiger partial charge in [0.05, 0.1) is 22.8 Å². The highest BCUT2D eigenvalue weighted by molar-refractivity contribution is 6.42. The predicted molar refractivity (Wildman–Crippen MR) is 86.8 cm³/mol. The lowest BCUT2D eigenvalue weighted by atomic mass is 10.2. The smallest absolute Gasteiger partial charge is 0.323 e. The zero-order chi connectivity index (χ0) is 15.4. The van der Waals surface area contributed by atoms with E-state index in [1.165, 1.54) is 0 Å². The van der Waals surface area contributed by atoms with Crippen LogP contribution in [0.2, 0.25) is 10.0 Å². The van der Waals surface area contributed by atoms with Gasteiger partial charge in [0.1, 0.15) is 5.75 Å². The van der Waals surface area contributed by atoms with Gasteiger partial charge in [-0.15, -0.1) is 0 Å². The van der Waals surface area contributed by atoms with Crippen molar-refractivity contribution in [2.75, 3.05) is 17.7 Å². The maximum atomic E-state index is 12.0. The number of rotatable bonds is 3. The zero-order valence-electron chi connectivity index (χ0n) is 11.5. The molecule has 0 radical (unpaired) electrons. The Hall–Kier alpha value is -1.91. The average Bonchev–Trinajstić information content (AvgIpc) is 2.43. The Bertz CT molecular complexity index is 675. The first-order valence-corrected chi connectivity index (χ1v) is 6.93. The Morgan fingerprint density at radius 3 is 2.48 bits per heavy atom. The van der Waals surface area contributed by atoms with Crippen molar-refractivity contribution < 1.29 is 9.53 Å². The lowest BCUT2D eigenvalue weighted by Gasteiger charge is -2.12. The zero-order valence-corrected chi connectivity index (χ0v) is 13.0. The van der Waals surface area contributed by atoms with Gasteiger partial charge >= 0.3 is 6.03 Å². The van der Waals surface area contributed by atoms with Crippen molar-refractivity contribution >= 4 is 40.6 Å². The summed E-state index contributed by atoms with van der Waals surface area (Å²) in [4.78, 5) is 12.0. The summed E-state index contributed by atoms with van der Waals surface area (Å²) in [7, 11) is 1.55. The van der Waals surface area contributed by atoms with E-state index in [1.54, 1.807) is 31.4 Å². The number of methoxy groups -OCH3 is 1. The molecule has 0 aliphatic heterocycles. The van der Waals surface area contributed by atoms with Crippen LogP contribution in [0, 0.1) is 6.92 Å². The highest BCUT2D eigenvalue weighted by atomic mass is 35.5. The van der Waals surface area contributed by atoms with Crippen molar-refractivity contribution in [3.63, 3.8) is 0 Å². The number of carbonyl (C=O) groups excluding carboxylic acids is 1. The Morgan fingerprint density at radius 2 is 1.81 bits per heavy atom. The van der Waals surface area contributed by atoms with E-state index in [4.69, 9.17) is 27.9 Å². The van der Waals surface area contributed by atoms with Crippen LogP contribution in [0.25, 0.3) is 0 Å². The summed E-state index contributed by atoms with van der Waals surface area (Å²) in [6.45, 7) is 1.93. The first-order chi connectivity index (χ1) is 9.99. The molecule has 0 aromatic heterocycles. The topological polar surface area (TPSA) is 50.4 Å². The molecule has 6 heteroatoms. The third-order valence-corrected chi connectivity index (χ3v) is 3.52. The van der Waals surface area contributed by atoms with Crippen LogP contribution in [0.1, 0.15) is 5.56 Å². The van der Waals surface area contributed by atoms with Gasteiger partial charge in [-0.3, -0.25) is 0 Å². The number of halogens is 2. The molecule has 2 rings (SSSR count). The van der Waals surface area contributed by atoms with Crippen LogP contribution in [0.4, 0.5) is 16.2 Å². The summed E-state index contributed by atoms with van der Waals surface area (Å²) >= 11 is 11.7. The monoisotopic (exact) mass is 324 g/mol. The predicted octanol–water partition coefficient (Wildman–Crippen LogP) is 4.95. The van der Waals surface area contributed by atoms with Crippen molar-refractivity contribution in [2.45, 2.75) is 6.92 Å². The molecule has 2 N–H and O–H groups in total. The van der Waals surface area contributed by atoms with Gasteiger partial charge in [0.25, 0.3) is 0 Å². The van der Waals surface area contributed by atoms with E-state index in [0.29, 0.717) is 27.2 Å². The van der Waals surface area contributed by atoms with Crippen molar-refractivity contribution in [3.05, 3.63) is 52.0 Å². The fourth-order valence-corrected chi connectivity index (χ4v) is 2.08. The number of carbonyl (C=O) groups is 1. The first kappa shape index (κ1) is 15.5. The molecule has 0 bridgehead atoms. The lowest BCUT2D eigenvalue weighted by molar-refractivity contribution is 0.262. The molecule has 4 nitrogen and oxygen atoms in total. The van der Waals surface area contributed by atoms with Gasteiger partial charge in [0.2, 0.25) is 0 Å². The molecule has 2 aromatic carbocycles. The van der Waals surface area contributed by atoms with Crippen LogP contribution in [0.3, 0.4) is 0 Å². The first-order valence-electron chi connectivity index (χ1n) is 6.17. The van der Waals surface area contributed by atoms with E-state index in [9.17, 15) is 4.79 Å². The van der Waals surface area contributed by atoms with E-state index in [0.717, 1.165) is 5.56 Å². The van der Waals surface area contributed by atoms with E-state index >= 15 is 0 Å². The maximum absolute atomic E-state index is 12.0. The molecule has 21 heavy (non-hydrogen) atoms. The third kappa shape index (κ3) is 4.03. The number of benzene rings is 2. The molecule has 0 spiro atoms. The summed E-state index contributed by atoms with van der Waals surface area (Å²) in [5, 5.41) is 6.22. The van der Waals surface area contributed by atoms with Crippen LogP contribution < -0.4 is 15.4 Å². The Balaban J connectivity index is 2.11. The Morgan fingerprint density at radius 1 is 1.05 bits per heavy atom. The highest BCUT2D eigenvalue weighted by Crippen LogP contribution is 2.27. The maximum Gasteiger partial charge on any atom is 0.323 e. The third-order valence-electron chi connectivity index (χ3n) is 2.78. The molecule has 0 fully saturated rings. The van der Waals surface area contributed by atoms with E-state index in [1.807, 2.05) is 19.1 Å². The highest BCUT2D eigenvalue weighted by Gasteiger charge is 2.08. The van der Waals surface area contributed by atoms with Crippen LogP contribution in [-0.4, -0.2) is 13.1 Å². The normalized spacial score (nSPS) is 10.1. The minimum atomic E-state index is -0.391. The minimum Gasteiger partial charge on any atom is -0.495 e. The van der Waals surface area contributed by atoms with Crippen molar-refractivity contribution in [2.24, 2.45) is 0 Å². The number of hydrogen-bond donors (Lipinski definition) is 2. The Labute approximate surface area is 133 Å². The second kappa shape index (κ2) is 6.70. The van der Waals surface area contributed by atoms with Gasteiger partial charge in [0.15, 0.2) is 0 Å². The molecule has 0 saturated carbocycles. The van der Waals surface area contributed by atoms with Gasteiger partial charge in [0, 0.05) is 5.69 Å². The fourth-order valence-electron chi connectivity index (χ4n) is 1.78. The number of urea groups is 1. The lowest BCUT2D eigenvalue weighted by Crippen LogP contribution is -2.19. The van der Waals surface area contributed by atoms with Crippen molar-refractivity contribution in [1.82, 2.24) is 0 Å². The number of aryl methyl sites for hydroxylation is 1. The van der Waals surface area contributed by atoms with Gasteiger partial charge in [-0.1, -0.05) is 29.3 Å². The quantitative estimate of drug-likeness (QED) is 0.838. The van der Waals surface area contributed by atoms with Crippen LogP contribution in [0.15, 0.2) is 36.4 Å². The van der Waals surface area contributed by atoms with E-state index in [2.05, 4.69) is 10.6 Å². The molecule has 2 amide bonds. The number of anilines is 2. The molecule has 0 unspecified atom stereocenters. The molecule has 0 heterocycles. The van der Waals surface area contributed by atoms with Gasteiger partial charge in [-0.05, 0) is 42.8 Å². The number of nitrogens with one attached hydrogen (secondary N) is 2. The van der Waals surface area contributed by atoms with Gasteiger partial charge in [-0.2, -0.15) is 0 Å². The average molecular weight is 325 g/mol. The van der Waals surface area contributed by atoms with Crippen LogP contribution in [-0.2, 0) is 0 Å². The Kier molecular flexibility index (Phi) is 4.94. The van der Waals surface area contributed by atoms with Crippen molar-refractivity contribution in [1.29, 1.82) is 0 Å². The molecular formula is C15H14Cl2N2O2. The SMILES string of the molecule is COc1ccc(C)cc1NC(=O)Nc1ccc(Cl)c(Cl)c1. The summed E-state index contributed by atoms with van der Waals surface area (Å²) < 4.78 is 5.21. The van der Waals surface area contributed by atoms with Crippen molar-refractivity contribution in [3.8, 4) is 5.75 Å². The van der Waals surface area contributed by atoms with E-state index < -0.39 is 6.03 Å². The largest absolute Gasteiger partial charge is 0.495 e. The standard InChI is InChI=1S/C15H14Cl2N2O2/c1-9-3-6-14(21-2)13(7-9)19-15(20)18-10-4-5-11(16)12(17)8-10/h3-8H,1-2H3,(H2,18,19,20). The molecular weight excluding hydrogens is 311 g/mol. The second-order valence-electron chi connectivity index (χ2n) is 4.41. The van der Waals surface area contributed by atoms with Crippen LogP contribution >= 0.6 is 23.2 Å².